The highest BCUT2D eigenvalue weighted by molar-refractivity contribution is 14.0. The summed E-state index contributed by atoms with van der Waals surface area (Å²) in [5, 5.41) is 7.72. The van der Waals surface area contributed by atoms with Crippen molar-refractivity contribution in [1.82, 2.24) is 20.0 Å². The number of hydrogen-bond donors (Lipinski definition) is 1. The molecule has 1 aliphatic carbocycles. The lowest BCUT2D eigenvalue weighted by atomic mass is 10.1. The van der Waals surface area contributed by atoms with Crippen LogP contribution in [0.15, 0.2) is 17.4 Å². The van der Waals surface area contributed by atoms with Gasteiger partial charge >= 0.3 is 0 Å². The van der Waals surface area contributed by atoms with Crippen molar-refractivity contribution in [3.05, 3.63) is 18.0 Å². The van der Waals surface area contributed by atoms with Crippen molar-refractivity contribution in [3.8, 4) is 0 Å². The van der Waals surface area contributed by atoms with Crippen molar-refractivity contribution in [2.75, 3.05) is 33.3 Å². The summed E-state index contributed by atoms with van der Waals surface area (Å²) in [4.78, 5) is 6.70. The number of nitrogens with one attached hydrogen (secondary N) is 1. The lowest BCUT2D eigenvalue weighted by molar-refractivity contribution is -0.00802. The lowest BCUT2D eigenvalue weighted by Gasteiger charge is -2.34. The van der Waals surface area contributed by atoms with Gasteiger partial charge in [0.05, 0.1) is 19.3 Å². The molecule has 0 bridgehead atoms. The second-order valence-electron chi connectivity index (χ2n) is 5.96. The van der Waals surface area contributed by atoms with Crippen LogP contribution in [0, 0.1) is 5.92 Å². The number of hydrogen-bond acceptors (Lipinski definition) is 3. The first-order valence-electron chi connectivity index (χ1n) is 7.82. The van der Waals surface area contributed by atoms with Gasteiger partial charge in [0.25, 0.3) is 0 Å². The Bertz CT molecular complexity index is 500. The highest BCUT2D eigenvalue weighted by atomic mass is 127. The minimum Gasteiger partial charge on any atom is -0.370 e. The number of ether oxygens (including phenoxy) is 1. The van der Waals surface area contributed by atoms with Crippen LogP contribution in [0.2, 0.25) is 0 Å². The molecule has 7 heteroatoms. The Morgan fingerprint density at radius 2 is 2.32 bits per heavy atom. The van der Waals surface area contributed by atoms with Crippen LogP contribution < -0.4 is 5.32 Å². The average molecular weight is 419 g/mol. The molecule has 1 aliphatic heterocycles. The van der Waals surface area contributed by atoms with E-state index >= 15 is 0 Å². The number of rotatable bonds is 4. The normalized spacial score (nSPS) is 22.4. The van der Waals surface area contributed by atoms with Crippen LogP contribution in [0.4, 0.5) is 0 Å². The molecule has 1 saturated carbocycles. The summed E-state index contributed by atoms with van der Waals surface area (Å²) in [7, 11) is 3.79. The molecular formula is C15H26IN5O. The predicted molar refractivity (Wildman–Crippen MR) is 97.6 cm³/mol. The van der Waals surface area contributed by atoms with Gasteiger partial charge in [-0.15, -0.1) is 24.0 Å². The van der Waals surface area contributed by atoms with E-state index in [0.29, 0.717) is 0 Å². The van der Waals surface area contributed by atoms with Gasteiger partial charge in [0, 0.05) is 38.9 Å². The number of nitrogens with zero attached hydrogens (tertiary/aromatic N) is 4. The molecule has 2 aliphatic rings. The van der Waals surface area contributed by atoms with E-state index in [-0.39, 0.29) is 30.1 Å². The van der Waals surface area contributed by atoms with E-state index in [0.717, 1.165) is 43.7 Å². The van der Waals surface area contributed by atoms with Crippen molar-refractivity contribution in [2.45, 2.75) is 25.4 Å². The molecule has 6 nitrogen and oxygen atoms in total. The van der Waals surface area contributed by atoms with Crippen molar-refractivity contribution in [1.29, 1.82) is 0 Å². The molecule has 0 aromatic carbocycles. The van der Waals surface area contributed by atoms with Gasteiger partial charge in [-0.1, -0.05) is 12.8 Å². The van der Waals surface area contributed by atoms with E-state index in [1.165, 1.54) is 19.3 Å². The fourth-order valence-electron chi connectivity index (χ4n) is 2.78. The molecule has 0 amide bonds. The molecule has 124 valence electrons. The van der Waals surface area contributed by atoms with E-state index in [1.807, 2.05) is 31.2 Å². The molecule has 1 aromatic rings. The molecule has 1 atom stereocenters. The highest BCUT2D eigenvalue weighted by Gasteiger charge is 2.25. The van der Waals surface area contributed by atoms with Crippen molar-refractivity contribution >= 4 is 29.9 Å². The summed E-state index contributed by atoms with van der Waals surface area (Å²) in [6, 6.07) is 0. The Balaban J connectivity index is 0.00000176. The Hall–Kier alpha value is -0.830. The Labute approximate surface area is 149 Å². The number of aliphatic imine (C=N–C) groups is 1. The molecule has 2 heterocycles. The number of aromatic nitrogens is 2. The van der Waals surface area contributed by atoms with Gasteiger partial charge in [-0.2, -0.15) is 5.10 Å². The third kappa shape index (κ3) is 4.58. The van der Waals surface area contributed by atoms with Crippen LogP contribution in [0.3, 0.4) is 0 Å². The monoisotopic (exact) mass is 419 g/mol. The largest absolute Gasteiger partial charge is 0.370 e. The fourth-order valence-corrected chi connectivity index (χ4v) is 2.78. The second kappa shape index (κ2) is 8.14. The second-order valence-corrected chi connectivity index (χ2v) is 5.96. The summed E-state index contributed by atoms with van der Waals surface area (Å²) in [6.07, 6.45) is 8.06. The number of halogens is 1. The topological polar surface area (TPSA) is 54.7 Å². The zero-order valence-electron chi connectivity index (χ0n) is 13.4. The van der Waals surface area contributed by atoms with Gasteiger partial charge in [0.1, 0.15) is 6.10 Å². The molecule has 0 spiro atoms. The average Bonchev–Trinajstić information content (AvgIpc) is 3.23. The summed E-state index contributed by atoms with van der Waals surface area (Å²) in [5.41, 5.74) is 1.13. The minimum atomic E-state index is 0. The molecule has 1 saturated heterocycles. The molecule has 1 N–H and O–H groups in total. The van der Waals surface area contributed by atoms with Gasteiger partial charge in [0.15, 0.2) is 5.96 Å². The van der Waals surface area contributed by atoms with E-state index in [1.54, 1.807) is 0 Å². The maximum absolute atomic E-state index is 5.88. The fraction of sp³-hybridized carbons (Fsp3) is 0.733. The van der Waals surface area contributed by atoms with Crippen LogP contribution in [0.1, 0.15) is 30.9 Å². The smallest absolute Gasteiger partial charge is 0.193 e. The number of guanidine groups is 1. The van der Waals surface area contributed by atoms with Crippen molar-refractivity contribution in [3.63, 3.8) is 0 Å². The molecule has 1 aromatic heterocycles. The zero-order chi connectivity index (χ0) is 14.7. The zero-order valence-corrected chi connectivity index (χ0v) is 15.7. The Morgan fingerprint density at radius 3 is 2.95 bits per heavy atom. The molecule has 3 rings (SSSR count). The van der Waals surface area contributed by atoms with Crippen molar-refractivity contribution in [2.24, 2.45) is 18.0 Å². The maximum atomic E-state index is 5.88. The molecule has 1 unspecified atom stereocenters. The lowest BCUT2D eigenvalue weighted by Crippen LogP contribution is -2.48. The van der Waals surface area contributed by atoms with Gasteiger partial charge in [-0.3, -0.25) is 9.67 Å². The summed E-state index contributed by atoms with van der Waals surface area (Å²) < 4.78 is 7.70. The van der Waals surface area contributed by atoms with Gasteiger partial charge in [-0.25, -0.2) is 0 Å². The highest BCUT2D eigenvalue weighted by Crippen LogP contribution is 2.31. The first kappa shape index (κ1) is 17.5. The van der Waals surface area contributed by atoms with Crippen LogP contribution >= 0.6 is 24.0 Å². The SMILES string of the molecule is CN=C(NCCC1CC1)N1CCOC(c2cnn(C)c2)C1.I. The minimum absolute atomic E-state index is 0. The van der Waals surface area contributed by atoms with Gasteiger partial charge in [0.2, 0.25) is 0 Å². The van der Waals surface area contributed by atoms with Gasteiger partial charge < -0.3 is 15.0 Å². The first-order valence-corrected chi connectivity index (χ1v) is 7.82. The quantitative estimate of drug-likeness (QED) is 0.460. The van der Waals surface area contributed by atoms with E-state index in [9.17, 15) is 0 Å². The first-order chi connectivity index (χ1) is 10.3. The number of morpholine rings is 1. The van der Waals surface area contributed by atoms with Crippen molar-refractivity contribution < 1.29 is 4.74 Å². The van der Waals surface area contributed by atoms with Gasteiger partial charge in [-0.05, 0) is 12.3 Å². The predicted octanol–water partition coefficient (Wildman–Crippen LogP) is 1.79. The molecule has 0 radical (unpaired) electrons. The van der Waals surface area contributed by atoms with Crippen LogP contribution in [0.25, 0.3) is 0 Å². The molecule has 2 fully saturated rings. The van der Waals surface area contributed by atoms with E-state index in [4.69, 9.17) is 4.74 Å². The Morgan fingerprint density at radius 1 is 1.50 bits per heavy atom. The molecular weight excluding hydrogens is 393 g/mol. The van der Waals surface area contributed by atoms with Crippen LogP contribution in [-0.4, -0.2) is 53.9 Å². The summed E-state index contributed by atoms with van der Waals surface area (Å²) in [5.74, 6) is 1.94. The van der Waals surface area contributed by atoms with E-state index < -0.39 is 0 Å². The van der Waals surface area contributed by atoms with E-state index in [2.05, 4.69) is 20.3 Å². The third-order valence-corrected chi connectivity index (χ3v) is 4.21. The Kier molecular flexibility index (Phi) is 6.49. The summed E-state index contributed by atoms with van der Waals surface area (Å²) in [6.45, 7) is 3.46. The molecule has 22 heavy (non-hydrogen) atoms. The van der Waals surface area contributed by atoms with Crippen LogP contribution in [-0.2, 0) is 11.8 Å². The maximum Gasteiger partial charge on any atom is 0.193 e. The third-order valence-electron chi connectivity index (χ3n) is 4.21. The van der Waals surface area contributed by atoms with Crippen LogP contribution in [0.5, 0.6) is 0 Å². The number of aryl methyl sites for hydroxylation is 1. The standard InChI is InChI=1S/C15H25N5O.HI/c1-16-15(17-6-5-12-3-4-12)20-7-8-21-14(11-20)13-9-18-19(2)10-13;/h9-10,12,14H,3-8,11H2,1-2H3,(H,16,17);1H. The summed E-state index contributed by atoms with van der Waals surface area (Å²) >= 11 is 0.